The number of nitrogens with zero attached hydrogens (tertiary/aromatic N) is 1. The lowest BCUT2D eigenvalue weighted by molar-refractivity contribution is -0.138. The maximum atomic E-state index is 12.1. The smallest absolute Gasteiger partial charge is 0.405 e. The van der Waals surface area contributed by atoms with Crippen LogP contribution in [0, 0.1) is 11.8 Å². The average molecular weight is 256 g/mol. The van der Waals surface area contributed by atoms with Gasteiger partial charge in [-0.05, 0) is 12.3 Å². The molecule has 0 bridgehead atoms. The molecule has 2 atom stereocenters. The van der Waals surface area contributed by atoms with Gasteiger partial charge in [0.2, 0.25) is 5.91 Å². The molecule has 0 aromatic rings. The summed E-state index contributed by atoms with van der Waals surface area (Å²) in [6.07, 6.45) is -0.454. The molecule has 1 aliphatic rings. The van der Waals surface area contributed by atoms with Gasteiger partial charge >= 0.3 is 6.09 Å². The fraction of sp³-hybridized carbons (Fsp3) is 0.750. The summed E-state index contributed by atoms with van der Waals surface area (Å²) >= 11 is 0. The molecule has 18 heavy (non-hydrogen) atoms. The first-order chi connectivity index (χ1) is 8.34. The molecular formula is C12H20N2O4. The quantitative estimate of drug-likeness (QED) is 0.775. The molecule has 2 N–H and O–H groups in total. The fourth-order valence-electron chi connectivity index (χ4n) is 2.25. The van der Waals surface area contributed by atoms with Gasteiger partial charge in [-0.2, -0.15) is 0 Å². The predicted molar refractivity (Wildman–Crippen MR) is 65.2 cm³/mol. The number of carboxylic acid groups (broad SMARTS) is 1. The molecule has 0 aromatic heterocycles. The van der Waals surface area contributed by atoms with Crippen molar-refractivity contribution >= 4 is 17.8 Å². The Balaban J connectivity index is 2.71. The maximum absolute atomic E-state index is 12.1. The van der Waals surface area contributed by atoms with Crippen LogP contribution in [0.5, 0.6) is 0 Å². The number of nitrogens with one attached hydrogen (secondary N) is 1. The minimum Gasteiger partial charge on any atom is -0.465 e. The van der Waals surface area contributed by atoms with Crippen LogP contribution in [-0.2, 0) is 9.59 Å². The van der Waals surface area contributed by atoms with E-state index in [9.17, 15) is 14.4 Å². The van der Waals surface area contributed by atoms with Crippen molar-refractivity contribution in [1.82, 2.24) is 10.2 Å². The summed E-state index contributed by atoms with van der Waals surface area (Å²) in [7, 11) is 0. The van der Waals surface area contributed by atoms with Gasteiger partial charge in [-0.3, -0.25) is 9.59 Å². The van der Waals surface area contributed by atoms with Crippen molar-refractivity contribution in [3.05, 3.63) is 0 Å². The summed E-state index contributed by atoms with van der Waals surface area (Å²) < 4.78 is 0. The highest BCUT2D eigenvalue weighted by Crippen LogP contribution is 2.26. The van der Waals surface area contributed by atoms with E-state index in [1.165, 1.54) is 4.90 Å². The number of hydrogen-bond acceptors (Lipinski definition) is 3. The van der Waals surface area contributed by atoms with E-state index in [-0.39, 0.29) is 30.1 Å². The van der Waals surface area contributed by atoms with Crippen molar-refractivity contribution in [2.75, 3.05) is 13.1 Å². The zero-order valence-electron chi connectivity index (χ0n) is 11.0. The molecular weight excluding hydrogens is 236 g/mol. The van der Waals surface area contributed by atoms with Gasteiger partial charge in [0.15, 0.2) is 5.78 Å². The molecule has 102 valence electrons. The number of rotatable bonds is 4. The summed E-state index contributed by atoms with van der Waals surface area (Å²) in [6, 6.07) is -0.409. The summed E-state index contributed by atoms with van der Waals surface area (Å²) in [6.45, 7) is 5.81. The molecule has 1 saturated heterocycles. The van der Waals surface area contributed by atoms with Gasteiger partial charge in [-0.15, -0.1) is 0 Å². The third kappa shape index (κ3) is 3.21. The summed E-state index contributed by atoms with van der Waals surface area (Å²) in [5, 5.41) is 10.5. The number of carbonyl (C=O) groups excluding carboxylic acids is 2. The molecule has 0 spiro atoms. The Kier molecular flexibility index (Phi) is 4.69. The summed E-state index contributed by atoms with van der Waals surface area (Å²) in [4.78, 5) is 35.8. The highest BCUT2D eigenvalue weighted by atomic mass is 16.4. The van der Waals surface area contributed by atoms with Gasteiger partial charge in [0.05, 0.1) is 6.04 Å². The maximum Gasteiger partial charge on any atom is 0.405 e. The normalized spacial score (nSPS) is 23.2. The van der Waals surface area contributed by atoms with Crippen molar-refractivity contribution in [2.45, 2.75) is 33.2 Å². The van der Waals surface area contributed by atoms with Gasteiger partial charge in [-0.25, -0.2) is 4.79 Å². The lowest BCUT2D eigenvalue weighted by Crippen LogP contribution is -2.48. The number of hydrogen-bond donors (Lipinski definition) is 2. The van der Waals surface area contributed by atoms with Crippen LogP contribution >= 0.6 is 0 Å². The van der Waals surface area contributed by atoms with E-state index < -0.39 is 12.1 Å². The van der Waals surface area contributed by atoms with Crippen LogP contribution < -0.4 is 5.32 Å². The van der Waals surface area contributed by atoms with Gasteiger partial charge in [-0.1, -0.05) is 20.8 Å². The van der Waals surface area contributed by atoms with Crippen LogP contribution in [0.3, 0.4) is 0 Å². The predicted octanol–water partition coefficient (Wildman–Crippen LogP) is 0.716. The van der Waals surface area contributed by atoms with Gasteiger partial charge in [0.1, 0.15) is 6.54 Å². The third-order valence-electron chi connectivity index (χ3n) is 3.27. The monoisotopic (exact) mass is 256 g/mol. The fourth-order valence-corrected chi connectivity index (χ4v) is 2.25. The number of amides is 2. The molecule has 0 radical (unpaired) electrons. The van der Waals surface area contributed by atoms with Crippen LogP contribution in [0.25, 0.3) is 0 Å². The minimum atomic E-state index is -1.23. The SMILES string of the molecule is CC(C)C(=O)C1C(C)CCN1C(=O)CNC(=O)O. The lowest BCUT2D eigenvalue weighted by Gasteiger charge is -2.27. The van der Waals surface area contributed by atoms with Crippen LogP contribution in [0.4, 0.5) is 4.79 Å². The lowest BCUT2D eigenvalue weighted by atomic mass is 9.92. The van der Waals surface area contributed by atoms with Crippen LogP contribution in [0.1, 0.15) is 27.2 Å². The van der Waals surface area contributed by atoms with Crippen LogP contribution in [0.2, 0.25) is 0 Å². The zero-order valence-corrected chi connectivity index (χ0v) is 11.0. The topological polar surface area (TPSA) is 86.7 Å². The molecule has 2 unspecified atom stereocenters. The second kappa shape index (κ2) is 5.84. The Morgan fingerprint density at radius 2 is 2.00 bits per heavy atom. The number of likely N-dealkylation sites (tertiary alicyclic amines) is 1. The van der Waals surface area contributed by atoms with Gasteiger partial charge in [0, 0.05) is 12.5 Å². The second-order valence-corrected chi connectivity index (χ2v) is 5.01. The first-order valence-corrected chi connectivity index (χ1v) is 6.14. The Morgan fingerprint density at radius 1 is 1.39 bits per heavy atom. The summed E-state index contributed by atoms with van der Waals surface area (Å²) in [5.74, 6) is -0.281. The number of ketones is 1. The number of Topliss-reactive ketones (excluding diaryl/α,β-unsaturated/α-hetero) is 1. The molecule has 6 heteroatoms. The van der Waals surface area contributed by atoms with Crippen molar-refractivity contribution in [2.24, 2.45) is 11.8 Å². The van der Waals surface area contributed by atoms with Crippen molar-refractivity contribution in [1.29, 1.82) is 0 Å². The molecule has 0 aromatic carbocycles. The molecule has 1 heterocycles. The van der Waals surface area contributed by atoms with Crippen molar-refractivity contribution in [3.8, 4) is 0 Å². The van der Waals surface area contributed by atoms with E-state index in [0.717, 1.165) is 6.42 Å². The molecule has 1 rings (SSSR count). The molecule has 0 saturated carbocycles. The standard InChI is InChI=1S/C12H20N2O4/c1-7(2)11(16)10-8(3)4-5-14(10)9(15)6-13-12(17)18/h7-8,10,13H,4-6H2,1-3H3,(H,17,18). The van der Waals surface area contributed by atoms with Gasteiger partial charge in [0.25, 0.3) is 0 Å². The molecule has 1 aliphatic heterocycles. The Hall–Kier alpha value is -1.59. The van der Waals surface area contributed by atoms with Crippen LogP contribution in [0.15, 0.2) is 0 Å². The van der Waals surface area contributed by atoms with E-state index >= 15 is 0 Å². The van der Waals surface area contributed by atoms with E-state index in [0.29, 0.717) is 6.54 Å². The zero-order chi connectivity index (χ0) is 13.9. The molecule has 2 amide bonds. The second-order valence-electron chi connectivity index (χ2n) is 5.01. The average Bonchev–Trinajstić information content (AvgIpc) is 2.66. The first-order valence-electron chi connectivity index (χ1n) is 6.14. The Labute approximate surface area is 106 Å². The van der Waals surface area contributed by atoms with Crippen molar-refractivity contribution in [3.63, 3.8) is 0 Å². The Morgan fingerprint density at radius 3 is 2.50 bits per heavy atom. The van der Waals surface area contributed by atoms with E-state index in [1.807, 2.05) is 26.1 Å². The molecule has 1 fully saturated rings. The van der Waals surface area contributed by atoms with E-state index in [2.05, 4.69) is 0 Å². The molecule has 6 nitrogen and oxygen atoms in total. The largest absolute Gasteiger partial charge is 0.465 e. The summed E-state index contributed by atoms with van der Waals surface area (Å²) in [5.41, 5.74) is 0. The highest BCUT2D eigenvalue weighted by Gasteiger charge is 2.39. The van der Waals surface area contributed by atoms with Crippen molar-refractivity contribution < 1.29 is 19.5 Å². The third-order valence-corrected chi connectivity index (χ3v) is 3.27. The first kappa shape index (κ1) is 14.5. The van der Waals surface area contributed by atoms with E-state index in [4.69, 9.17) is 5.11 Å². The Bertz CT molecular complexity index is 354. The number of carbonyl (C=O) groups is 3. The van der Waals surface area contributed by atoms with Crippen LogP contribution in [-0.4, -0.2) is 46.9 Å². The van der Waals surface area contributed by atoms with E-state index in [1.54, 1.807) is 0 Å². The van der Waals surface area contributed by atoms with Gasteiger partial charge < -0.3 is 15.3 Å². The highest BCUT2D eigenvalue weighted by molar-refractivity contribution is 5.92. The minimum absolute atomic E-state index is 0.0451. The molecule has 0 aliphatic carbocycles.